The first-order valence-corrected chi connectivity index (χ1v) is 11.5. The van der Waals surface area contributed by atoms with Crippen LogP contribution in [0.1, 0.15) is 39.3 Å². The van der Waals surface area contributed by atoms with Crippen LogP contribution in [0, 0.1) is 5.92 Å². The molecule has 10 heteroatoms. The molecule has 35 heavy (non-hydrogen) atoms. The maximum Gasteiger partial charge on any atom is 0.272 e. The number of rotatable bonds is 7. The summed E-state index contributed by atoms with van der Waals surface area (Å²) in [5.74, 6) is -0.252. The first-order valence-electron chi connectivity index (χ1n) is 11.5. The summed E-state index contributed by atoms with van der Waals surface area (Å²) in [7, 11) is 0. The van der Waals surface area contributed by atoms with Crippen molar-refractivity contribution in [2.75, 3.05) is 25.1 Å². The fourth-order valence-corrected chi connectivity index (χ4v) is 4.26. The molecule has 1 fully saturated rings. The Morgan fingerprint density at radius 3 is 2.63 bits per heavy atom. The van der Waals surface area contributed by atoms with Crippen LogP contribution in [0.5, 0.6) is 0 Å². The molecule has 2 aromatic heterocycles. The maximum atomic E-state index is 13.3. The quantitative estimate of drug-likeness (QED) is 0.425. The number of ether oxygens (including phenoxy) is 1. The second-order valence-corrected chi connectivity index (χ2v) is 8.40. The molecule has 1 aliphatic rings. The lowest BCUT2D eigenvalue weighted by molar-refractivity contribution is 0.0642. The van der Waals surface area contributed by atoms with Crippen LogP contribution in [0.4, 0.5) is 5.69 Å². The number of pyridine rings is 1. The molecule has 3 heterocycles. The molecule has 1 aliphatic heterocycles. The largest absolute Gasteiger partial charge is 0.381 e. The van der Waals surface area contributed by atoms with Gasteiger partial charge in [0.2, 0.25) is 0 Å². The highest BCUT2D eigenvalue weighted by atomic mass is 16.5. The van der Waals surface area contributed by atoms with E-state index in [1.807, 2.05) is 30.3 Å². The van der Waals surface area contributed by atoms with Crippen molar-refractivity contribution in [3.63, 3.8) is 0 Å². The van der Waals surface area contributed by atoms with Crippen LogP contribution in [0.2, 0.25) is 0 Å². The summed E-state index contributed by atoms with van der Waals surface area (Å²) < 4.78 is 5.38. The van der Waals surface area contributed by atoms with Crippen molar-refractivity contribution in [3.8, 4) is 0 Å². The highest BCUT2D eigenvalue weighted by Gasteiger charge is 2.20. The molecule has 0 saturated carbocycles. The van der Waals surface area contributed by atoms with Crippen LogP contribution in [-0.4, -0.2) is 56.8 Å². The van der Waals surface area contributed by atoms with Gasteiger partial charge in [-0.1, -0.05) is 30.3 Å². The topological polar surface area (TPSA) is 124 Å². The van der Waals surface area contributed by atoms with Crippen molar-refractivity contribution in [1.82, 2.24) is 30.5 Å². The van der Waals surface area contributed by atoms with E-state index in [9.17, 15) is 9.59 Å². The third-order valence-corrected chi connectivity index (χ3v) is 6.13. The van der Waals surface area contributed by atoms with Gasteiger partial charge < -0.3 is 15.4 Å². The van der Waals surface area contributed by atoms with Crippen LogP contribution >= 0.6 is 0 Å². The van der Waals surface area contributed by atoms with Gasteiger partial charge >= 0.3 is 0 Å². The zero-order valence-electron chi connectivity index (χ0n) is 19.1. The summed E-state index contributed by atoms with van der Waals surface area (Å²) in [5, 5.41) is 19.3. The number of aromatic nitrogens is 5. The van der Waals surface area contributed by atoms with E-state index in [1.165, 1.54) is 11.1 Å². The standard InChI is InChI=1S/C25H25N7O3/c33-24(21-8-7-18(15-32-29-16-28-31-32)19-4-1-2-5-20(19)21)30-22-6-3-11-26-23(22)25(34)27-14-17-9-12-35-13-10-17/h1-8,11,16-17H,9-10,12-15H2,(H,27,34)(H,30,33). The number of hydrogen-bond acceptors (Lipinski definition) is 7. The molecule has 0 spiro atoms. The van der Waals surface area contributed by atoms with Gasteiger partial charge in [0, 0.05) is 31.5 Å². The number of amides is 2. The molecule has 0 unspecified atom stereocenters. The first-order chi connectivity index (χ1) is 17.2. The molecule has 2 aromatic carbocycles. The minimum atomic E-state index is -0.321. The van der Waals surface area contributed by atoms with Gasteiger partial charge in [-0.25, -0.2) is 4.98 Å². The molecule has 5 rings (SSSR count). The third-order valence-electron chi connectivity index (χ3n) is 6.13. The first kappa shape index (κ1) is 22.6. The lowest BCUT2D eigenvalue weighted by Gasteiger charge is -2.22. The fourth-order valence-electron chi connectivity index (χ4n) is 4.26. The van der Waals surface area contributed by atoms with E-state index in [4.69, 9.17) is 4.74 Å². The van der Waals surface area contributed by atoms with Crippen molar-refractivity contribution < 1.29 is 14.3 Å². The molecule has 178 valence electrons. The van der Waals surface area contributed by atoms with Gasteiger partial charge in [-0.3, -0.25) is 9.59 Å². The number of hydrogen-bond donors (Lipinski definition) is 2. The van der Waals surface area contributed by atoms with Crippen molar-refractivity contribution in [2.24, 2.45) is 5.92 Å². The molecule has 0 aliphatic carbocycles. The minimum Gasteiger partial charge on any atom is -0.381 e. The molecular weight excluding hydrogens is 446 g/mol. The zero-order valence-corrected chi connectivity index (χ0v) is 19.1. The Morgan fingerprint density at radius 2 is 1.83 bits per heavy atom. The van der Waals surface area contributed by atoms with Crippen molar-refractivity contribution >= 4 is 28.3 Å². The van der Waals surface area contributed by atoms with Crippen LogP contribution in [0.3, 0.4) is 0 Å². The molecule has 1 saturated heterocycles. The van der Waals surface area contributed by atoms with Gasteiger partial charge in [0.1, 0.15) is 0 Å². The van der Waals surface area contributed by atoms with Crippen LogP contribution in [-0.2, 0) is 11.3 Å². The number of nitrogens with one attached hydrogen (secondary N) is 2. The molecule has 2 amide bonds. The average molecular weight is 472 g/mol. The van der Waals surface area contributed by atoms with E-state index < -0.39 is 0 Å². The van der Waals surface area contributed by atoms with Crippen LogP contribution in [0.15, 0.2) is 61.1 Å². The van der Waals surface area contributed by atoms with Gasteiger partial charge in [0.05, 0.1) is 12.2 Å². The lowest BCUT2D eigenvalue weighted by Crippen LogP contribution is -2.33. The summed E-state index contributed by atoms with van der Waals surface area (Å²) in [6, 6.07) is 14.7. The highest BCUT2D eigenvalue weighted by Crippen LogP contribution is 2.25. The smallest absolute Gasteiger partial charge is 0.272 e. The molecule has 0 atom stereocenters. The number of fused-ring (bicyclic) bond motifs is 1. The summed E-state index contributed by atoms with van der Waals surface area (Å²) >= 11 is 0. The van der Waals surface area contributed by atoms with Gasteiger partial charge in [-0.15, -0.1) is 10.2 Å². The van der Waals surface area contributed by atoms with Gasteiger partial charge in [0.15, 0.2) is 12.0 Å². The molecule has 10 nitrogen and oxygen atoms in total. The number of carbonyl (C=O) groups excluding carboxylic acids is 2. The fraction of sp³-hybridized carbons (Fsp3) is 0.280. The second-order valence-electron chi connectivity index (χ2n) is 8.40. The number of carbonyl (C=O) groups is 2. The van der Waals surface area contributed by atoms with Crippen LogP contribution < -0.4 is 10.6 Å². The Morgan fingerprint density at radius 1 is 1.00 bits per heavy atom. The van der Waals surface area contributed by atoms with E-state index in [1.54, 1.807) is 24.4 Å². The predicted octanol–water partition coefficient (Wildman–Crippen LogP) is 2.68. The monoisotopic (exact) mass is 471 g/mol. The third kappa shape index (κ3) is 5.17. The summed E-state index contributed by atoms with van der Waals surface area (Å²) in [6.07, 6.45) is 4.76. The Hall–Kier alpha value is -4.18. The molecule has 4 aromatic rings. The Bertz CT molecular complexity index is 1330. The predicted molar refractivity (Wildman–Crippen MR) is 129 cm³/mol. The molecule has 0 radical (unpaired) electrons. The molecule has 2 N–H and O–H groups in total. The normalized spacial score (nSPS) is 14.1. The van der Waals surface area contributed by atoms with Crippen molar-refractivity contribution in [3.05, 3.63) is 77.9 Å². The summed E-state index contributed by atoms with van der Waals surface area (Å²) in [5.41, 5.74) is 2.01. The second kappa shape index (κ2) is 10.4. The van der Waals surface area contributed by atoms with Gasteiger partial charge in [-0.05, 0) is 58.5 Å². The zero-order chi connectivity index (χ0) is 24.0. The van der Waals surface area contributed by atoms with E-state index in [2.05, 4.69) is 31.0 Å². The van der Waals surface area contributed by atoms with E-state index >= 15 is 0 Å². The summed E-state index contributed by atoms with van der Waals surface area (Å²) in [4.78, 5) is 31.9. The number of benzene rings is 2. The van der Waals surface area contributed by atoms with Gasteiger partial charge in [-0.2, -0.15) is 4.80 Å². The number of tetrazole rings is 1. The SMILES string of the molecule is O=C(NCC1CCOCC1)c1ncccc1NC(=O)c1ccc(Cn2ncnn2)c2ccccc12. The van der Waals surface area contributed by atoms with Crippen LogP contribution in [0.25, 0.3) is 10.8 Å². The Labute approximate surface area is 201 Å². The van der Waals surface area contributed by atoms with E-state index in [-0.39, 0.29) is 17.5 Å². The highest BCUT2D eigenvalue weighted by molar-refractivity contribution is 6.15. The van der Waals surface area contributed by atoms with Crippen molar-refractivity contribution in [1.29, 1.82) is 0 Å². The van der Waals surface area contributed by atoms with Gasteiger partial charge in [0.25, 0.3) is 11.8 Å². The number of nitrogens with zero attached hydrogens (tertiary/aromatic N) is 5. The minimum absolute atomic E-state index is 0.186. The Kier molecular flexibility index (Phi) is 6.71. The maximum absolute atomic E-state index is 13.3. The summed E-state index contributed by atoms with van der Waals surface area (Å²) in [6.45, 7) is 2.42. The number of anilines is 1. The molecule has 0 bridgehead atoms. The average Bonchev–Trinajstić information content (AvgIpc) is 3.41. The Balaban J connectivity index is 1.35. The lowest BCUT2D eigenvalue weighted by atomic mass is 9.99. The van der Waals surface area contributed by atoms with E-state index in [0.717, 1.165) is 29.2 Å². The van der Waals surface area contributed by atoms with Crippen molar-refractivity contribution in [2.45, 2.75) is 19.4 Å². The van der Waals surface area contributed by atoms with E-state index in [0.29, 0.717) is 43.5 Å². The molecular formula is C25H25N7O3.